The monoisotopic (exact) mass is 654 g/mol. The Balaban J connectivity index is 1.19. The zero-order valence-corrected chi connectivity index (χ0v) is 27.8. The fraction of sp³-hybridized carbons (Fsp3) is 0.286. The Bertz CT molecular complexity index is 1870. The summed E-state index contributed by atoms with van der Waals surface area (Å²) in [4.78, 5) is 13.2. The Morgan fingerprint density at radius 3 is 2.45 bits per heavy atom. The van der Waals surface area contributed by atoms with E-state index in [1.165, 1.54) is 23.8 Å². The van der Waals surface area contributed by atoms with Crippen molar-refractivity contribution in [2.45, 2.75) is 57.5 Å². The summed E-state index contributed by atoms with van der Waals surface area (Å²) < 4.78 is 12.9. The van der Waals surface area contributed by atoms with Crippen molar-refractivity contribution >= 4 is 17.2 Å². The third kappa shape index (κ3) is 8.22. The van der Waals surface area contributed by atoms with Gasteiger partial charge in [-0.2, -0.15) is 5.26 Å². The Morgan fingerprint density at radius 2 is 1.69 bits per heavy atom. The molecular formula is C42H42N2O5. The van der Waals surface area contributed by atoms with Crippen LogP contribution in [-0.4, -0.2) is 28.3 Å². The van der Waals surface area contributed by atoms with Gasteiger partial charge in [-0.05, 0) is 91.1 Å². The molecule has 3 unspecified atom stereocenters. The lowest BCUT2D eigenvalue weighted by Gasteiger charge is -2.48. The summed E-state index contributed by atoms with van der Waals surface area (Å²) >= 11 is 0. The quantitative estimate of drug-likeness (QED) is 0.147. The van der Waals surface area contributed by atoms with Gasteiger partial charge in [0, 0.05) is 29.3 Å². The second-order valence-corrected chi connectivity index (χ2v) is 13.4. The van der Waals surface area contributed by atoms with E-state index in [0.717, 1.165) is 67.6 Å². The van der Waals surface area contributed by atoms with Crippen LogP contribution in [0.4, 0.5) is 5.69 Å². The fourth-order valence-corrected chi connectivity index (χ4v) is 7.28. The summed E-state index contributed by atoms with van der Waals surface area (Å²) in [7, 11) is 0. The van der Waals surface area contributed by atoms with Crippen LogP contribution in [0.3, 0.4) is 0 Å². The van der Waals surface area contributed by atoms with Crippen molar-refractivity contribution in [3.63, 3.8) is 0 Å². The van der Waals surface area contributed by atoms with E-state index in [1.54, 1.807) is 6.07 Å². The maximum atomic E-state index is 13.2. The molecule has 1 fully saturated rings. The zero-order chi connectivity index (χ0) is 34.3. The fourth-order valence-electron chi connectivity index (χ4n) is 7.28. The van der Waals surface area contributed by atoms with Crippen molar-refractivity contribution in [2.24, 2.45) is 11.3 Å². The highest BCUT2D eigenvalue weighted by Gasteiger charge is 2.48. The summed E-state index contributed by atoms with van der Waals surface area (Å²) in [5.74, 6) is 1.45. The predicted octanol–water partition coefficient (Wildman–Crippen LogP) is 9.33. The molecule has 4 aromatic rings. The lowest BCUT2D eigenvalue weighted by molar-refractivity contribution is -0.144. The van der Waals surface area contributed by atoms with Gasteiger partial charge in [0.25, 0.3) is 0 Å². The number of phenols is 2. The number of hydrogen-bond acceptors (Lipinski definition) is 6. The van der Waals surface area contributed by atoms with Crippen LogP contribution in [0.15, 0.2) is 115 Å². The van der Waals surface area contributed by atoms with Crippen LogP contribution >= 0.6 is 0 Å². The Labute approximate surface area is 288 Å². The molecule has 0 bridgehead atoms. The van der Waals surface area contributed by atoms with Gasteiger partial charge in [-0.1, -0.05) is 80.5 Å². The van der Waals surface area contributed by atoms with Crippen molar-refractivity contribution in [1.82, 2.24) is 0 Å². The highest BCUT2D eigenvalue weighted by atomic mass is 16.5. The molecule has 2 aliphatic rings. The number of phenolic OH excluding ortho intramolecular Hbond substituents is 2. The number of nitrogens with zero attached hydrogens (tertiary/aromatic N) is 1. The number of amides is 1. The highest BCUT2D eigenvalue weighted by Crippen LogP contribution is 2.51. The van der Waals surface area contributed by atoms with Crippen molar-refractivity contribution in [3.05, 3.63) is 132 Å². The van der Waals surface area contributed by atoms with Gasteiger partial charge in [-0.3, -0.25) is 4.79 Å². The van der Waals surface area contributed by atoms with E-state index < -0.39 is 5.60 Å². The largest absolute Gasteiger partial charge is 0.508 e. The topological polar surface area (TPSA) is 112 Å². The molecule has 0 radical (unpaired) electrons. The number of benzene rings is 4. The van der Waals surface area contributed by atoms with E-state index in [-0.39, 0.29) is 29.4 Å². The minimum Gasteiger partial charge on any atom is -0.508 e. The summed E-state index contributed by atoms with van der Waals surface area (Å²) in [6.07, 6.45) is 12.8. The van der Waals surface area contributed by atoms with E-state index in [0.29, 0.717) is 17.2 Å². The van der Waals surface area contributed by atoms with Gasteiger partial charge in [-0.15, -0.1) is 0 Å². The van der Waals surface area contributed by atoms with Gasteiger partial charge in [0.05, 0.1) is 17.2 Å². The molecule has 0 saturated heterocycles. The maximum Gasteiger partial charge on any atom is 0.250 e. The zero-order valence-electron chi connectivity index (χ0n) is 27.8. The van der Waals surface area contributed by atoms with Crippen LogP contribution < -0.4 is 10.1 Å². The number of ether oxygens (including phenoxy) is 2. The van der Waals surface area contributed by atoms with Gasteiger partial charge in [0.15, 0.2) is 0 Å². The van der Waals surface area contributed by atoms with Crippen LogP contribution in [0.25, 0.3) is 5.57 Å². The molecule has 49 heavy (non-hydrogen) atoms. The highest BCUT2D eigenvalue weighted by molar-refractivity contribution is 5.92. The standard InChI is InChI=1S/C42H42N2O5/c1-41(19-16-33(17-20-41)34-11-5-9-32(23-34)28-43)42(48-29-40(47)44-35-25-36(45)27-37(46)26-35)18-7-10-30(15-21-42)22-31-8-6-14-39(24-31)49-38-12-3-2-4-13-38/h2-6,8-9,11-14,16-17,19,23-27,30,45-46H,7,10,15,18,20-22,29H2,1H3,(H,44,47). The number of allylic oxidation sites excluding steroid dienone is 3. The molecule has 7 heteroatoms. The Kier molecular flexibility index (Phi) is 10.2. The first-order valence-corrected chi connectivity index (χ1v) is 16.9. The third-order valence-electron chi connectivity index (χ3n) is 9.96. The number of nitrogens with one attached hydrogen (secondary N) is 1. The summed E-state index contributed by atoms with van der Waals surface area (Å²) in [6, 6.07) is 32.0. The Morgan fingerprint density at radius 1 is 0.918 bits per heavy atom. The molecule has 250 valence electrons. The second kappa shape index (κ2) is 14.8. The molecule has 3 N–H and O–H groups in total. The Hall–Kier alpha value is -5.32. The molecule has 0 heterocycles. The van der Waals surface area contributed by atoms with Crippen LogP contribution in [0.1, 0.15) is 62.1 Å². The molecule has 3 atom stereocenters. The van der Waals surface area contributed by atoms with Crippen molar-refractivity contribution in [3.8, 4) is 29.1 Å². The number of anilines is 1. The minimum atomic E-state index is -0.606. The molecule has 0 aromatic heterocycles. The molecule has 0 aliphatic heterocycles. The lowest BCUT2D eigenvalue weighted by atomic mass is 9.65. The SMILES string of the molecule is CC1(C2(OCC(=O)Nc3cc(O)cc(O)c3)CCCC(Cc3cccc(Oc4ccccc4)c3)CC2)C=CC(c2cccc(C#N)c2)=CC1. The van der Waals surface area contributed by atoms with E-state index >= 15 is 0 Å². The first kappa shape index (κ1) is 33.6. The molecule has 1 saturated carbocycles. The number of para-hydroxylation sites is 1. The first-order valence-electron chi connectivity index (χ1n) is 16.9. The number of carbonyl (C=O) groups is 1. The van der Waals surface area contributed by atoms with Gasteiger partial charge in [-0.25, -0.2) is 0 Å². The molecule has 2 aliphatic carbocycles. The predicted molar refractivity (Wildman–Crippen MR) is 191 cm³/mol. The molecule has 4 aromatic carbocycles. The molecule has 1 amide bonds. The molecule has 0 spiro atoms. The molecular weight excluding hydrogens is 612 g/mol. The van der Waals surface area contributed by atoms with E-state index in [2.05, 4.69) is 48.7 Å². The van der Waals surface area contributed by atoms with Crippen LogP contribution in [0, 0.1) is 22.7 Å². The van der Waals surface area contributed by atoms with Crippen LogP contribution in [0.2, 0.25) is 0 Å². The summed E-state index contributed by atoms with van der Waals surface area (Å²) in [6.45, 7) is 2.06. The van der Waals surface area contributed by atoms with Crippen molar-refractivity contribution in [2.75, 3.05) is 11.9 Å². The van der Waals surface area contributed by atoms with E-state index in [9.17, 15) is 20.3 Å². The third-order valence-corrected chi connectivity index (χ3v) is 9.96. The summed E-state index contributed by atoms with van der Waals surface area (Å²) in [5.41, 5.74) is 3.23. The van der Waals surface area contributed by atoms with Crippen LogP contribution in [0.5, 0.6) is 23.0 Å². The lowest BCUT2D eigenvalue weighted by Crippen LogP contribution is -2.49. The molecule has 6 rings (SSSR count). The van der Waals surface area contributed by atoms with Gasteiger partial charge < -0.3 is 25.0 Å². The number of carbonyl (C=O) groups excluding carboxylic acids is 1. The van der Waals surface area contributed by atoms with Gasteiger partial charge >= 0.3 is 0 Å². The van der Waals surface area contributed by atoms with Gasteiger partial charge in [0.2, 0.25) is 5.91 Å². The number of rotatable bonds is 10. The normalized spacial score (nSPS) is 22.0. The average molecular weight is 655 g/mol. The minimum absolute atomic E-state index is 0.137. The molecule has 7 nitrogen and oxygen atoms in total. The number of aromatic hydroxyl groups is 2. The van der Waals surface area contributed by atoms with Gasteiger partial charge in [0.1, 0.15) is 29.6 Å². The van der Waals surface area contributed by atoms with Crippen molar-refractivity contribution < 1.29 is 24.5 Å². The first-order chi connectivity index (χ1) is 23.7. The van der Waals surface area contributed by atoms with Crippen molar-refractivity contribution in [1.29, 1.82) is 5.26 Å². The van der Waals surface area contributed by atoms with E-state index in [1.807, 2.05) is 60.7 Å². The summed E-state index contributed by atoms with van der Waals surface area (Å²) in [5, 5.41) is 31.9. The second-order valence-electron chi connectivity index (χ2n) is 13.4. The van der Waals surface area contributed by atoms with E-state index in [4.69, 9.17) is 9.47 Å². The maximum absolute atomic E-state index is 13.2. The smallest absolute Gasteiger partial charge is 0.250 e. The average Bonchev–Trinajstić information content (AvgIpc) is 3.31. The number of hydrogen-bond donors (Lipinski definition) is 3. The van der Waals surface area contributed by atoms with Crippen LogP contribution in [-0.2, 0) is 16.0 Å². The number of nitriles is 1.